The van der Waals surface area contributed by atoms with Crippen LogP contribution in [0, 0.1) is 56.7 Å². The molecule has 0 amide bonds. The average molecular weight is 477 g/mol. The predicted molar refractivity (Wildman–Crippen MR) is 135 cm³/mol. The average Bonchev–Trinajstić information content (AvgIpc) is 3.06. The van der Waals surface area contributed by atoms with E-state index in [0.29, 0.717) is 11.8 Å². The molecule has 0 heterocycles. The molecule has 0 radical (unpaired) electrons. The molecular weight excluding hydrogens is 424 g/mol. The van der Waals surface area contributed by atoms with Gasteiger partial charge in [-0.05, 0) is 122 Å². The number of aliphatic hydroxyl groups is 4. The summed E-state index contributed by atoms with van der Waals surface area (Å²) >= 11 is 0. The minimum atomic E-state index is -0.816. The summed E-state index contributed by atoms with van der Waals surface area (Å²) in [4.78, 5) is 0. The van der Waals surface area contributed by atoms with Gasteiger partial charge in [0, 0.05) is 0 Å². The number of aliphatic hydroxyl groups excluding tert-OH is 3. The van der Waals surface area contributed by atoms with Gasteiger partial charge in [0.2, 0.25) is 0 Å². The van der Waals surface area contributed by atoms with E-state index >= 15 is 0 Å². The molecule has 5 saturated carbocycles. The Morgan fingerprint density at radius 2 is 1.32 bits per heavy atom. The van der Waals surface area contributed by atoms with E-state index in [1.165, 1.54) is 0 Å². The fraction of sp³-hybridized carbons (Fsp3) is 1.00. The molecule has 0 bridgehead atoms. The van der Waals surface area contributed by atoms with Crippen LogP contribution in [0.3, 0.4) is 0 Å². The first-order chi connectivity index (χ1) is 15.4. The van der Waals surface area contributed by atoms with E-state index in [0.717, 1.165) is 51.4 Å². The molecule has 0 spiro atoms. The highest BCUT2D eigenvalue weighted by Crippen LogP contribution is 2.78. The molecule has 0 aliphatic heterocycles. The normalized spacial score (nSPS) is 58.9. The lowest BCUT2D eigenvalue weighted by molar-refractivity contribution is -0.292. The first-order valence-electron chi connectivity index (χ1n) is 14.2. The van der Waals surface area contributed by atoms with Crippen LogP contribution >= 0.6 is 0 Å². The van der Waals surface area contributed by atoms with Crippen molar-refractivity contribution in [3.63, 3.8) is 0 Å². The van der Waals surface area contributed by atoms with E-state index in [9.17, 15) is 20.4 Å². The van der Waals surface area contributed by atoms with Crippen LogP contribution in [-0.2, 0) is 0 Å². The van der Waals surface area contributed by atoms with Crippen LogP contribution in [0.15, 0.2) is 0 Å². The topological polar surface area (TPSA) is 80.9 Å². The summed E-state index contributed by atoms with van der Waals surface area (Å²) in [7, 11) is 0. The number of rotatable bonds is 1. The first kappa shape index (κ1) is 25.5. The summed E-state index contributed by atoms with van der Waals surface area (Å²) in [6, 6.07) is 0. The Morgan fingerprint density at radius 1 is 0.706 bits per heavy atom. The van der Waals surface area contributed by atoms with Gasteiger partial charge in [0.1, 0.15) is 0 Å². The second-order valence-electron chi connectivity index (χ2n) is 15.7. The van der Waals surface area contributed by atoms with Crippen LogP contribution in [0.1, 0.15) is 107 Å². The summed E-state index contributed by atoms with van der Waals surface area (Å²) in [5.41, 5.74) is -1.09. The lowest BCUT2D eigenvalue weighted by Crippen LogP contribution is -2.71. The van der Waals surface area contributed by atoms with Crippen LogP contribution in [0.5, 0.6) is 0 Å². The van der Waals surface area contributed by atoms with Crippen molar-refractivity contribution in [1.82, 2.24) is 0 Å². The molecule has 5 rings (SSSR count). The van der Waals surface area contributed by atoms with E-state index in [1.807, 2.05) is 13.8 Å². The van der Waals surface area contributed by atoms with Crippen LogP contribution in [-0.4, -0.2) is 44.3 Å². The Bertz CT molecular complexity index is 832. The van der Waals surface area contributed by atoms with Crippen LogP contribution in [0.4, 0.5) is 0 Å². The molecule has 0 aromatic heterocycles. The molecule has 5 aliphatic rings. The van der Waals surface area contributed by atoms with Gasteiger partial charge in [-0.3, -0.25) is 0 Å². The van der Waals surface area contributed by atoms with E-state index in [2.05, 4.69) is 41.5 Å². The Morgan fingerprint density at radius 3 is 1.94 bits per heavy atom. The third-order valence-electron chi connectivity index (χ3n) is 13.7. The summed E-state index contributed by atoms with van der Waals surface area (Å²) < 4.78 is 0. The van der Waals surface area contributed by atoms with Crippen molar-refractivity contribution in [2.45, 2.75) is 131 Å². The van der Waals surface area contributed by atoms with Gasteiger partial charge in [-0.15, -0.1) is 0 Å². The van der Waals surface area contributed by atoms with Gasteiger partial charge in [0.05, 0.1) is 23.9 Å². The smallest absolute Gasteiger partial charge is 0.0623 e. The molecule has 12 atom stereocenters. The molecular formula is C30H52O4. The third-order valence-corrected chi connectivity index (χ3v) is 13.7. The zero-order valence-corrected chi connectivity index (χ0v) is 23.1. The van der Waals surface area contributed by atoms with Gasteiger partial charge in [-0.1, -0.05) is 41.5 Å². The largest absolute Gasteiger partial charge is 0.393 e. The van der Waals surface area contributed by atoms with E-state index in [-0.39, 0.29) is 57.0 Å². The van der Waals surface area contributed by atoms with E-state index < -0.39 is 11.7 Å². The molecule has 4 N–H and O–H groups in total. The summed E-state index contributed by atoms with van der Waals surface area (Å²) in [5, 5.41) is 45.7. The van der Waals surface area contributed by atoms with Crippen LogP contribution in [0.25, 0.3) is 0 Å². The number of hydrogen-bond acceptors (Lipinski definition) is 4. The van der Waals surface area contributed by atoms with Crippen molar-refractivity contribution < 1.29 is 20.4 Å². The Kier molecular flexibility index (Phi) is 5.42. The zero-order chi connectivity index (χ0) is 25.3. The molecule has 0 saturated heterocycles. The lowest BCUT2D eigenvalue weighted by atomic mass is 9.31. The molecule has 0 aromatic carbocycles. The number of fused-ring (bicyclic) bond motifs is 7. The van der Waals surface area contributed by atoms with Crippen molar-refractivity contribution in [2.75, 3.05) is 0 Å². The maximum absolute atomic E-state index is 12.0. The molecule has 5 fully saturated rings. The molecule has 5 aliphatic carbocycles. The van der Waals surface area contributed by atoms with Gasteiger partial charge in [-0.25, -0.2) is 0 Å². The number of hydrogen-bond donors (Lipinski definition) is 4. The van der Waals surface area contributed by atoms with E-state index in [1.54, 1.807) is 0 Å². The molecule has 34 heavy (non-hydrogen) atoms. The molecule has 12 unspecified atom stereocenters. The minimum Gasteiger partial charge on any atom is -0.393 e. The Balaban J connectivity index is 1.58. The quantitative estimate of drug-likeness (QED) is 0.421. The zero-order valence-electron chi connectivity index (χ0n) is 23.1. The highest BCUT2D eigenvalue weighted by atomic mass is 16.3. The van der Waals surface area contributed by atoms with Gasteiger partial charge in [-0.2, -0.15) is 0 Å². The summed E-state index contributed by atoms with van der Waals surface area (Å²) in [5.74, 6) is 1.10. The Labute approximate surface area is 207 Å². The van der Waals surface area contributed by atoms with Gasteiger partial charge in [0.25, 0.3) is 0 Å². The SMILES string of the molecule is CC(C)(O)C1CCC2(C)C1C(O)CC1(C)C2C(O)CC2C3(C)CCC(O)C(C)(C)C3CCC21C. The van der Waals surface area contributed by atoms with E-state index in [4.69, 9.17) is 0 Å². The second kappa shape index (κ2) is 7.23. The fourth-order valence-corrected chi connectivity index (χ4v) is 12.1. The molecule has 0 aromatic rings. The minimum absolute atomic E-state index is 0.0380. The highest BCUT2D eigenvalue weighted by Gasteiger charge is 2.74. The lowest BCUT2D eigenvalue weighted by Gasteiger charge is -2.74. The van der Waals surface area contributed by atoms with Gasteiger partial charge >= 0.3 is 0 Å². The maximum atomic E-state index is 12.0. The van der Waals surface area contributed by atoms with Gasteiger partial charge in [0.15, 0.2) is 0 Å². The van der Waals surface area contributed by atoms with Crippen LogP contribution in [0.2, 0.25) is 0 Å². The molecule has 4 heteroatoms. The van der Waals surface area contributed by atoms with Crippen LogP contribution < -0.4 is 0 Å². The molecule has 196 valence electrons. The predicted octanol–water partition coefficient (Wildman–Crippen LogP) is 5.16. The van der Waals surface area contributed by atoms with Gasteiger partial charge < -0.3 is 20.4 Å². The van der Waals surface area contributed by atoms with Crippen molar-refractivity contribution in [3.8, 4) is 0 Å². The Hall–Kier alpha value is -0.160. The molecule has 4 nitrogen and oxygen atoms in total. The first-order valence-corrected chi connectivity index (χ1v) is 14.2. The van der Waals surface area contributed by atoms with Crippen molar-refractivity contribution in [3.05, 3.63) is 0 Å². The van der Waals surface area contributed by atoms with Crippen molar-refractivity contribution in [2.24, 2.45) is 56.7 Å². The third kappa shape index (κ3) is 2.92. The fourth-order valence-electron chi connectivity index (χ4n) is 12.1. The second-order valence-corrected chi connectivity index (χ2v) is 15.7. The van der Waals surface area contributed by atoms with Crippen molar-refractivity contribution >= 4 is 0 Å². The standard InChI is InChI=1S/C30H52O4/c1-25(2)20-10-14-29(7)21(27(20,5)13-11-22(25)33)15-18(31)24-28(6)12-9-17(26(3,4)34)23(28)19(32)16-30(24,29)8/h17-24,31-34H,9-16H2,1-8H3. The monoisotopic (exact) mass is 476 g/mol. The summed E-state index contributed by atoms with van der Waals surface area (Å²) in [6.07, 6.45) is 6.48. The highest BCUT2D eigenvalue weighted by molar-refractivity contribution is 5.23. The summed E-state index contributed by atoms with van der Waals surface area (Å²) in [6.45, 7) is 18.0. The maximum Gasteiger partial charge on any atom is 0.0623 e. The van der Waals surface area contributed by atoms with Crippen molar-refractivity contribution in [1.29, 1.82) is 0 Å².